The Bertz CT molecular complexity index is 380. The van der Waals surface area contributed by atoms with Crippen LogP contribution in [0.3, 0.4) is 0 Å². The van der Waals surface area contributed by atoms with Gasteiger partial charge in [0.15, 0.2) is 0 Å². The van der Waals surface area contributed by atoms with E-state index in [4.69, 9.17) is 4.74 Å². The molecule has 85 valence electrons. The van der Waals surface area contributed by atoms with Crippen molar-refractivity contribution < 1.29 is 4.74 Å². The highest BCUT2D eigenvalue weighted by molar-refractivity contribution is 5.33. The minimum Gasteiger partial charge on any atom is -0.496 e. The van der Waals surface area contributed by atoms with E-state index in [1.807, 2.05) is 12.1 Å². The van der Waals surface area contributed by atoms with E-state index < -0.39 is 0 Å². The van der Waals surface area contributed by atoms with Crippen LogP contribution in [0.4, 0.5) is 0 Å². The summed E-state index contributed by atoms with van der Waals surface area (Å²) in [6.45, 7) is 3.16. The Morgan fingerprint density at radius 1 is 1.44 bits per heavy atom. The fourth-order valence-corrected chi connectivity index (χ4v) is 2.80. The lowest BCUT2D eigenvalue weighted by Gasteiger charge is -2.26. The molecule has 0 unspecified atom stereocenters. The van der Waals surface area contributed by atoms with Gasteiger partial charge in [0.05, 0.1) is 7.11 Å². The number of methoxy groups -OCH3 is 1. The largest absolute Gasteiger partial charge is 0.496 e. The average molecular weight is 217 g/mol. The molecule has 16 heavy (non-hydrogen) atoms. The standard InChI is InChI=1S/C13H17N2O/c1-16-13-5-3-2-4-10(13)8-15-9-11-6-12(15)7-14-11/h2-5,11-12H,6-9H2,1H3/t11-,12-/m0/s1. The van der Waals surface area contributed by atoms with Gasteiger partial charge in [0.25, 0.3) is 0 Å². The summed E-state index contributed by atoms with van der Waals surface area (Å²) >= 11 is 0. The van der Waals surface area contributed by atoms with Crippen LogP contribution in [0.5, 0.6) is 5.75 Å². The van der Waals surface area contributed by atoms with Gasteiger partial charge in [-0.05, 0) is 12.5 Å². The number of ether oxygens (including phenoxy) is 1. The molecule has 1 aromatic carbocycles. The van der Waals surface area contributed by atoms with Gasteiger partial charge in [-0.25, -0.2) is 5.32 Å². The van der Waals surface area contributed by atoms with Crippen molar-refractivity contribution in [3.8, 4) is 5.75 Å². The summed E-state index contributed by atoms with van der Waals surface area (Å²) in [7, 11) is 1.74. The lowest BCUT2D eigenvalue weighted by Crippen LogP contribution is -2.39. The zero-order chi connectivity index (χ0) is 11.0. The average Bonchev–Trinajstić information content (AvgIpc) is 2.92. The second kappa shape index (κ2) is 4.07. The lowest BCUT2D eigenvalue weighted by atomic mass is 10.1. The Hall–Kier alpha value is -1.06. The Labute approximate surface area is 96.4 Å². The minimum atomic E-state index is 0.597. The van der Waals surface area contributed by atoms with Gasteiger partial charge in [0.1, 0.15) is 5.75 Å². The third-order valence-electron chi connectivity index (χ3n) is 3.65. The van der Waals surface area contributed by atoms with Crippen LogP contribution >= 0.6 is 0 Å². The number of likely N-dealkylation sites (tertiary alicyclic amines) is 1. The molecule has 0 N–H and O–H groups in total. The minimum absolute atomic E-state index is 0.597. The summed E-state index contributed by atoms with van der Waals surface area (Å²) in [6.07, 6.45) is 1.26. The number of benzene rings is 1. The molecule has 2 bridgehead atoms. The molecule has 2 aliphatic heterocycles. The van der Waals surface area contributed by atoms with Crippen LogP contribution in [0.1, 0.15) is 12.0 Å². The number of nitrogens with zero attached hydrogens (tertiary/aromatic N) is 2. The molecule has 2 saturated heterocycles. The maximum absolute atomic E-state index is 5.39. The van der Waals surface area contributed by atoms with Gasteiger partial charge in [-0.15, -0.1) is 0 Å². The highest BCUT2D eigenvalue weighted by Crippen LogP contribution is 2.28. The number of piperazine rings is 1. The van der Waals surface area contributed by atoms with E-state index in [9.17, 15) is 0 Å². The second-order valence-corrected chi connectivity index (χ2v) is 4.65. The van der Waals surface area contributed by atoms with Gasteiger partial charge in [-0.1, -0.05) is 18.2 Å². The molecule has 1 aromatic rings. The zero-order valence-corrected chi connectivity index (χ0v) is 9.60. The summed E-state index contributed by atoms with van der Waals surface area (Å²) in [4.78, 5) is 2.54. The Kier molecular flexibility index (Phi) is 2.58. The molecule has 0 saturated carbocycles. The van der Waals surface area contributed by atoms with Crippen LogP contribution in [0.2, 0.25) is 0 Å². The van der Waals surface area contributed by atoms with Crippen molar-refractivity contribution in [3.05, 3.63) is 29.8 Å². The molecule has 3 heteroatoms. The smallest absolute Gasteiger partial charge is 0.123 e. The quantitative estimate of drug-likeness (QED) is 0.762. The van der Waals surface area contributed by atoms with E-state index in [2.05, 4.69) is 22.3 Å². The van der Waals surface area contributed by atoms with E-state index >= 15 is 0 Å². The summed E-state index contributed by atoms with van der Waals surface area (Å²) in [6, 6.07) is 9.56. The van der Waals surface area contributed by atoms with Crippen molar-refractivity contribution in [1.82, 2.24) is 10.2 Å². The highest BCUT2D eigenvalue weighted by atomic mass is 16.5. The molecule has 3 rings (SSSR count). The molecule has 1 radical (unpaired) electrons. The number of para-hydroxylation sites is 1. The lowest BCUT2D eigenvalue weighted by molar-refractivity contribution is 0.213. The van der Waals surface area contributed by atoms with Crippen molar-refractivity contribution in [2.24, 2.45) is 0 Å². The predicted octanol–water partition coefficient (Wildman–Crippen LogP) is 1.26. The van der Waals surface area contributed by atoms with Crippen LogP contribution in [0, 0.1) is 0 Å². The molecule has 3 nitrogen and oxygen atoms in total. The second-order valence-electron chi connectivity index (χ2n) is 4.65. The number of rotatable bonds is 3. The highest BCUT2D eigenvalue weighted by Gasteiger charge is 2.38. The molecule has 2 heterocycles. The van der Waals surface area contributed by atoms with Crippen molar-refractivity contribution in [2.75, 3.05) is 20.2 Å². The number of hydrogen-bond acceptors (Lipinski definition) is 2. The van der Waals surface area contributed by atoms with Gasteiger partial charge >= 0.3 is 0 Å². The molecule has 0 aromatic heterocycles. The Balaban J connectivity index is 1.74. The Morgan fingerprint density at radius 3 is 3.00 bits per heavy atom. The van der Waals surface area contributed by atoms with Gasteiger partial charge in [0, 0.05) is 37.3 Å². The van der Waals surface area contributed by atoms with Gasteiger partial charge in [-0.3, -0.25) is 4.90 Å². The first-order valence-corrected chi connectivity index (χ1v) is 5.89. The van der Waals surface area contributed by atoms with Gasteiger partial charge in [-0.2, -0.15) is 0 Å². The van der Waals surface area contributed by atoms with E-state index in [-0.39, 0.29) is 0 Å². The van der Waals surface area contributed by atoms with Crippen LogP contribution in [0.15, 0.2) is 24.3 Å². The molecule has 0 spiro atoms. The van der Waals surface area contributed by atoms with Crippen molar-refractivity contribution in [3.63, 3.8) is 0 Å². The number of hydrogen-bond donors (Lipinski definition) is 0. The summed E-state index contributed by atoms with van der Waals surface area (Å²) in [5.74, 6) is 1.00. The summed E-state index contributed by atoms with van der Waals surface area (Å²) in [5, 5.41) is 4.57. The molecule has 2 atom stereocenters. The number of fused-ring (bicyclic) bond motifs is 2. The topological polar surface area (TPSA) is 26.6 Å². The fraction of sp³-hybridized carbons (Fsp3) is 0.538. The molecule has 0 aliphatic carbocycles. The molecule has 0 amide bonds. The van der Waals surface area contributed by atoms with Crippen LogP contribution in [-0.2, 0) is 6.54 Å². The first-order valence-electron chi connectivity index (χ1n) is 5.89. The SMILES string of the molecule is COc1ccccc1CN1C[C@@H]2C[C@H]1C[N]2. The molecule has 2 fully saturated rings. The van der Waals surface area contributed by atoms with E-state index in [0.717, 1.165) is 25.4 Å². The van der Waals surface area contributed by atoms with Crippen LogP contribution in [0.25, 0.3) is 0 Å². The third-order valence-corrected chi connectivity index (χ3v) is 3.65. The molecular weight excluding hydrogens is 200 g/mol. The van der Waals surface area contributed by atoms with Crippen LogP contribution in [-0.4, -0.2) is 37.2 Å². The van der Waals surface area contributed by atoms with Crippen molar-refractivity contribution in [1.29, 1.82) is 0 Å². The van der Waals surface area contributed by atoms with Gasteiger partial charge < -0.3 is 4.74 Å². The third kappa shape index (κ3) is 1.70. The van der Waals surface area contributed by atoms with Crippen molar-refractivity contribution >= 4 is 0 Å². The van der Waals surface area contributed by atoms with E-state index in [0.29, 0.717) is 12.1 Å². The Morgan fingerprint density at radius 2 is 2.31 bits per heavy atom. The maximum atomic E-state index is 5.39. The molecular formula is C13H17N2O. The predicted molar refractivity (Wildman–Crippen MR) is 62.6 cm³/mol. The van der Waals surface area contributed by atoms with Gasteiger partial charge in [0.2, 0.25) is 0 Å². The monoisotopic (exact) mass is 217 g/mol. The molecule has 2 aliphatic rings. The first-order chi connectivity index (χ1) is 7.86. The van der Waals surface area contributed by atoms with Crippen LogP contribution < -0.4 is 10.1 Å². The summed E-state index contributed by atoms with van der Waals surface area (Å²) < 4.78 is 5.39. The maximum Gasteiger partial charge on any atom is 0.123 e. The van der Waals surface area contributed by atoms with E-state index in [1.54, 1.807) is 7.11 Å². The normalized spacial score (nSPS) is 28.6. The fourth-order valence-electron chi connectivity index (χ4n) is 2.80. The summed E-state index contributed by atoms with van der Waals surface area (Å²) in [5.41, 5.74) is 1.29. The van der Waals surface area contributed by atoms with Crippen molar-refractivity contribution in [2.45, 2.75) is 25.0 Å². The van der Waals surface area contributed by atoms with E-state index in [1.165, 1.54) is 12.0 Å². The first kappa shape index (κ1) is 10.1. The zero-order valence-electron chi connectivity index (χ0n) is 9.60.